The van der Waals surface area contributed by atoms with Crippen LogP contribution in [0, 0.1) is 13.8 Å². The molecular weight excluding hydrogens is 380 g/mol. The second kappa shape index (κ2) is 8.37. The number of thiocarbonyl (C=S) groups is 1. The predicted molar refractivity (Wildman–Crippen MR) is 113 cm³/mol. The molecule has 0 radical (unpaired) electrons. The third-order valence-corrected chi connectivity index (χ3v) is 5.12. The molecule has 2 N–H and O–H groups in total. The first kappa shape index (κ1) is 19.1. The number of nitrogens with one attached hydrogen (secondary N) is 2. The third-order valence-electron chi connectivity index (χ3n) is 3.96. The lowest BCUT2D eigenvalue weighted by atomic mass is 10.1. The van der Waals surface area contributed by atoms with E-state index in [2.05, 4.69) is 10.6 Å². The van der Waals surface area contributed by atoms with Gasteiger partial charge in [0.2, 0.25) is 0 Å². The van der Waals surface area contributed by atoms with Crippen molar-refractivity contribution in [1.29, 1.82) is 0 Å². The molecule has 2 aromatic rings. The Hall–Kier alpha value is -2.64. The summed E-state index contributed by atoms with van der Waals surface area (Å²) in [7, 11) is 0. The van der Waals surface area contributed by atoms with Gasteiger partial charge in [-0.2, -0.15) is 0 Å². The van der Waals surface area contributed by atoms with Gasteiger partial charge >= 0.3 is 0 Å². The van der Waals surface area contributed by atoms with Gasteiger partial charge in [-0.05, 0) is 60.9 Å². The van der Waals surface area contributed by atoms with E-state index in [1.807, 2.05) is 38.1 Å². The van der Waals surface area contributed by atoms with E-state index in [-0.39, 0.29) is 18.4 Å². The highest BCUT2D eigenvalue weighted by Crippen LogP contribution is 2.26. The number of carbonyl (C=O) groups is 2. The Labute approximate surface area is 167 Å². The molecule has 138 valence electrons. The maximum atomic E-state index is 12.1. The third kappa shape index (κ3) is 5.18. The largest absolute Gasteiger partial charge is 0.484 e. The Bertz CT molecular complexity index is 954. The van der Waals surface area contributed by atoms with Gasteiger partial charge in [0, 0.05) is 5.69 Å². The SMILES string of the molecule is Cc1ccc(NC(=O)COc2cccc(/C=C3/SC(=S)NC3=O)c2)cc1C. The van der Waals surface area contributed by atoms with Crippen molar-refractivity contribution in [3.8, 4) is 5.75 Å². The lowest BCUT2D eigenvalue weighted by molar-refractivity contribution is -0.118. The van der Waals surface area contributed by atoms with Crippen molar-refractivity contribution in [1.82, 2.24) is 5.32 Å². The van der Waals surface area contributed by atoms with Crippen LogP contribution in [-0.2, 0) is 9.59 Å². The minimum absolute atomic E-state index is 0.105. The molecule has 0 spiro atoms. The van der Waals surface area contributed by atoms with Gasteiger partial charge in [0.1, 0.15) is 10.1 Å². The van der Waals surface area contributed by atoms with Crippen LogP contribution < -0.4 is 15.4 Å². The van der Waals surface area contributed by atoms with Crippen molar-refractivity contribution in [3.63, 3.8) is 0 Å². The van der Waals surface area contributed by atoms with Crippen LogP contribution in [0.2, 0.25) is 0 Å². The van der Waals surface area contributed by atoms with Crippen molar-refractivity contribution in [3.05, 3.63) is 64.1 Å². The quantitative estimate of drug-likeness (QED) is 0.592. The van der Waals surface area contributed by atoms with Crippen LogP contribution in [-0.4, -0.2) is 22.7 Å². The zero-order valence-electron chi connectivity index (χ0n) is 14.9. The number of anilines is 1. The summed E-state index contributed by atoms with van der Waals surface area (Å²) in [6.07, 6.45) is 1.74. The second-order valence-corrected chi connectivity index (χ2v) is 7.78. The maximum absolute atomic E-state index is 12.1. The van der Waals surface area contributed by atoms with Gasteiger partial charge in [-0.25, -0.2) is 0 Å². The van der Waals surface area contributed by atoms with Crippen LogP contribution in [0.1, 0.15) is 16.7 Å². The molecule has 0 aliphatic carbocycles. The number of benzene rings is 2. The average molecular weight is 399 g/mol. The van der Waals surface area contributed by atoms with Crippen molar-refractivity contribution in [2.24, 2.45) is 0 Å². The molecule has 5 nitrogen and oxygen atoms in total. The lowest BCUT2D eigenvalue weighted by Crippen LogP contribution is -2.20. The molecule has 0 aromatic heterocycles. The Morgan fingerprint density at radius 1 is 1.22 bits per heavy atom. The Morgan fingerprint density at radius 2 is 2.04 bits per heavy atom. The molecule has 1 heterocycles. The van der Waals surface area contributed by atoms with E-state index in [4.69, 9.17) is 17.0 Å². The molecule has 0 unspecified atom stereocenters. The lowest BCUT2D eigenvalue weighted by Gasteiger charge is -2.09. The number of amides is 2. The smallest absolute Gasteiger partial charge is 0.263 e. The van der Waals surface area contributed by atoms with E-state index in [1.165, 1.54) is 17.3 Å². The maximum Gasteiger partial charge on any atom is 0.263 e. The van der Waals surface area contributed by atoms with Crippen molar-refractivity contribution >= 4 is 51.9 Å². The summed E-state index contributed by atoms with van der Waals surface area (Å²) in [5.41, 5.74) is 3.82. The van der Waals surface area contributed by atoms with E-state index in [0.29, 0.717) is 15.0 Å². The molecule has 1 saturated heterocycles. The molecule has 1 aliphatic heterocycles. The van der Waals surface area contributed by atoms with Gasteiger partial charge in [-0.15, -0.1) is 0 Å². The van der Waals surface area contributed by atoms with Gasteiger partial charge in [0.15, 0.2) is 6.61 Å². The van der Waals surface area contributed by atoms with Crippen LogP contribution >= 0.6 is 24.0 Å². The monoisotopic (exact) mass is 398 g/mol. The Morgan fingerprint density at radius 3 is 2.74 bits per heavy atom. The first-order valence-electron chi connectivity index (χ1n) is 8.25. The fourth-order valence-electron chi connectivity index (χ4n) is 2.43. The van der Waals surface area contributed by atoms with E-state index in [0.717, 1.165) is 16.8 Å². The number of hydrogen-bond acceptors (Lipinski definition) is 5. The van der Waals surface area contributed by atoms with Crippen LogP contribution in [0.25, 0.3) is 6.08 Å². The molecule has 0 bridgehead atoms. The normalized spacial score (nSPS) is 15.0. The summed E-state index contributed by atoms with van der Waals surface area (Å²) in [4.78, 5) is 24.4. The van der Waals surface area contributed by atoms with Crippen molar-refractivity contribution < 1.29 is 14.3 Å². The summed E-state index contributed by atoms with van der Waals surface area (Å²) in [6, 6.07) is 12.9. The number of aryl methyl sites for hydroxylation is 2. The minimum atomic E-state index is -0.238. The molecule has 1 aliphatic rings. The first-order chi connectivity index (χ1) is 12.9. The van der Waals surface area contributed by atoms with Crippen LogP contribution in [0.15, 0.2) is 47.4 Å². The number of thioether (sulfide) groups is 1. The number of rotatable bonds is 5. The van der Waals surface area contributed by atoms with E-state index in [1.54, 1.807) is 24.3 Å². The molecule has 1 fully saturated rings. The van der Waals surface area contributed by atoms with E-state index < -0.39 is 0 Å². The standard InChI is InChI=1S/C20H18N2O3S2/c1-12-6-7-15(8-13(12)2)21-18(23)11-25-16-5-3-4-14(9-16)10-17-19(24)22-20(26)27-17/h3-10H,11H2,1-2H3,(H,21,23)(H,22,24,26)/b17-10+. The molecule has 2 aromatic carbocycles. The van der Waals surface area contributed by atoms with Crippen LogP contribution in [0.4, 0.5) is 5.69 Å². The molecule has 7 heteroatoms. The first-order valence-corrected chi connectivity index (χ1v) is 9.48. The van der Waals surface area contributed by atoms with E-state index in [9.17, 15) is 9.59 Å². The summed E-state index contributed by atoms with van der Waals surface area (Å²) in [5.74, 6) is 0.104. The number of hydrogen-bond donors (Lipinski definition) is 2. The highest BCUT2D eigenvalue weighted by Gasteiger charge is 2.21. The van der Waals surface area contributed by atoms with Crippen molar-refractivity contribution in [2.45, 2.75) is 13.8 Å². The molecule has 0 atom stereocenters. The minimum Gasteiger partial charge on any atom is -0.484 e. The highest BCUT2D eigenvalue weighted by molar-refractivity contribution is 8.26. The Kier molecular flexibility index (Phi) is 5.93. The van der Waals surface area contributed by atoms with Gasteiger partial charge in [0.25, 0.3) is 11.8 Å². The predicted octanol–water partition coefficient (Wildman–Crippen LogP) is 3.81. The summed E-state index contributed by atoms with van der Waals surface area (Å²) in [6.45, 7) is 3.91. The average Bonchev–Trinajstić information content (AvgIpc) is 2.94. The van der Waals surface area contributed by atoms with Crippen LogP contribution in [0.5, 0.6) is 5.75 Å². The summed E-state index contributed by atoms with van der Waals surface area (Å²) >= 11 is 6.20. The van der Waals surface area contributed by atoms with Gasteiger partial charge in [-0.1, -0.05) is 42.2 Å². The van der Waals surface area contributed by atoms with Gasteiger partial charge < -0.3 is 15.4 Å². The molecular formula is C20H18N2O3S2. The summed E-state index contributed by atoms with van der Waals surface area (Å²) < 4.78 is 6.02. The molecule has 3 rings (SSSR count). The zero-order valence-corrected chi connectivity index (χ0v) is 16.5. The number of ether oxygens (including phenoxy) is 1. The number of carbonyl (C=O) groups excluding carboxylic acids is 2. The van der Waals surface area contributed by atoms with E-state index >= 15 is 0 Å². The van der Waals surface area contributed by atoms with Gasteiger partial charge in [0.05, 0.1) is 4.91 Å². The molecule has 27 heavy (non-hydrogen) atoms. The zero-order chi connectivity index (χ0) is 19.4. The van der Waals surface area contributed by atoms with Crippen molar-refractivity contribution in [2.75, 3.05) is 11.9 Å². The van der Waals surface area contributed by atoms with Crippen LogP contribution in [0.3, 0.4) is 0 Å². The second-order valence-electron chi connectivity index (χ2n) is 6.06. The fraction of sp³-hybridized carbons (Fsp3) is 0.150. The summed E-state index contributed by atoms with van der Waals surface area (Å²) in [5, 5.41) is 5.39. The highest BCUT2D eigenvalue weighted by atomic mass is 32.2. The van der Waals surface area contributed by atoms with Gasteiger partial charge in [-0.3, -0.25) is 9.59 Å². The fourth-order valence-corrected chi connectivity index (χ4v) is 3.48. The topological polar surface area (TPSA) is 67.4 Å². The Balaban J connectivity index is 1.60. The molecule has 2 amide bonds. The molecule has 0 saturated carbocycles.